The summed E-state index contributed by atoms with van der Waals surface area (Å²) in [6, 6.07) is 5.83. The Hall–Kier alpha value is -1.92. The molecule has 20 heavy (non-hydrogen) atoms. The van der Waals surface area contributed by atoms with Gasteiger partial charge in [-0.2, -0.15) is 0 Å². The van der Waals surface area contributed by atoms with E-state index in [2.05, 4.69) is 15.3 Å². The van der Waals surface area contributed by atoms with Gasteiger partial charge >= 0.3 is 0 Å². The van der Waals surface area contributed by atoms with Crippen LogP contribution in [0.1, 0.15) is 5.82 Å². The number of halogens is 2. The van der Waals surface area contributed by atoms with Crippen LogP contribution in [-0.4, -0.2) is 9.97 Å². The van der Waals surface area contributed by atoms with Gasteiger partial charge in [-0.3, -0.25) is 4.79 Å². The molecule has 0 aliphatic carbocycles. The number of hydrogen-bond donors (Lipinski definition) is 2. The van der Waals surface area contributed by atoms with Crippen LogP contribution in [0.15, 0.2) is 34.4 Å². The molecule has 0 saturated carbocycles. The Morgan fingerprint density at radius 1 is 1.40 bits per heavy atom. The van der Waals surface area contributed by atoms with Crippen molar-refractivity contribution in [1.29, 1.82) is 0 Å². The van der Waals surface area contributed by atoms with Crippen molar-refractivity contribution < 1.29 is 4.39 Å². The van der Waals surface area contributed by atoms with Crippen LogP contribution >= 0.6 is 22.9 Å². The first-order valence-electron chi connectivity index (χ1n) is 5.79. The lowest BCUT2D eigenvalue weighted by Crippen LogP contribution is -2.13. The molecule has 2 aromatic heterocycles. The summed E-state index contributed by atoms with van der Waals surface area (Å²) in [6.45, 7) is 0.254. The highest BCUT2D eigenvalue weighted by atomic mass is 35.5. The Bertz CT molecular complexity index is 830. The highest BCUT2D eigenvalue weighted by molar-refractivity contribution is 7.17. The van der Waals surface area contributed by atoms with Crippen LogP contribution < -0.4 is 10.9 Å². The van der Waals surface area contributed by atoms with Gasteiger partial charge in [-0.05, 0) is 29.6 Å². The van der Waals surface area contributed by atoms with E-state index in [0.717, 1.165) is 0 Å². The number of nitrogens with one attached hydrogen (secondary N) is 2. The fraction of sp³-hybridized carbons (Fsp3) is 0.0769. The third-order valence-electron chi connectivity index (χ3n) is 2.74. The second-order valence-electron chi connectivity index (χ2n) is 4.13. The van der Waals surface area contributed by atoms with Gasteiger partial charge in [-0.1, -0.05) is 11.6 Å². The molecule has 0 atom stereocenters. The van der Waals surface area contributed by atoms with E-state index in [0.29, 0.717) is 26.8 Å². The zero-order valence-electron chi connectivity index (χ0n) is 10.1. The zero-order chi connectivity index (χ0) is 14.1. The van der Waals surface area contributed by atoms with Gasteiger partial charge in [0.1, 0.15) is 16.3 Å². The van der Waals surface area contributed by atoms with Crippen LogP contribution in [0.2, 0.25) is 5.02 Å². The maximum Gasteiger partial charge on any atom is 0.268 e. The highest BCUT2D eigenvalue weighted by Gasteiger charge is 2.06. The van der Waals surface area contributed by atoms with Crippen molar-refractivity contribution in [3.63, 3.8) is 0 Å². The summed E-state index contributed by atoms with van der Waals surface area (Å²) in [5.74, 6) is 0.0906. The van der Waals surface area contributed by atoms with Crippen molar-refractivity contribution >= 4 is 38.8 Å². The van der Waals surface area contributed by atoms with Crippen molar-refractivity contribution in [1.82, 2.24) is 9.97 Å². The predicted octanol–water partition coefficient (Wildman–Crippen LogP) is 3.39. The van der Waals surface area contributed by atoms with Gasteiger partial charge in [-0.25, -0.2) is 9.37 Å². The van der Waals surface area contributed by atoms with Crippen LogP contribution in [0.25, 0.3) is 10.2 Å². The lowest BCUT2D eigenvalue weighted by Gasteiger charge is -2.08. The smallest absolute Gasteiger partial charge is 0.268 e. The van der Waals surface area contributed by atoms with Crippen molar-refractivity contribution in [3.05, 3.63) is 56.7 Å². The SMILES string of the molecule is O=c1[nH]c(CNc2cc(F)ccc2Cl)nc2ccsc12. The van der Waals surface area contributed by atoms with E-state index in [1.807, 2.05) is 5.38 Å². The minimum absolute atomic E-state index is 0.174. The Morgan fingerprint density at radius 3 is 3.10 bits per heavy atom. The minimum atomic E-state index is -0.383. The molecule has 7 heteroatoms. The third kappa shape index (κ3) is 2.52. The van der Waals surface area contributed by atoms with Crippen molar-refractivity contribution in [2.75, 3.05) is 5.32 Å². The number of benzene rings is 1. The lowest BCUT2D eigenvalue weighted by atomic mass is 10.3. The van der Waals surface area contributed by atoms with E-state index in [-0.39, 0.29) is 17.9 Å². The van der Waals surface area contributed by atoms with Crippen LogP contribution in [0.3, 0.4) is 0 Å². The number of aromatic amines is 1. The average Bonchev–Trinajstić information content (AvgIpc) is 2.89. The first-order chi connectivity index (χ1) is 9.63. The lowest BCUT2D eigenvalue weighted by molar-refractivity contribution is 0.628. The van der Waals surface area contributed by atoms with Crippen LogP contribution in [0, 0.1) is 5.82 Å². The van der Waals surface area contributed by atoms with Gasteiger partial charge in [0.25, 0.3) is 5.56 Å². The third-order valence-corrected chi connectivity index (χ3v) is 3.97. The van der Waals surface area contributed by atoms with Gasteiger partial charge in [0, 0.05) is 0 Å². The first kappa shape index (κ1) is 13.1. The highest BCUT2D eigenvalue weighted by Crippen LogP contribution is 2.22. The molecule has 2 heterocycles. The summed E-state index contributed by atoms with van der Waals surface area (Å²) in [7, 11) is 0. The summed E-state index contributed by atoms with van der Waals surface area (Å²) in [5.41, 5.74) is 0.938. The summed E-state index contributed by atoms with van der Waals surface area (Å²) < 4.78 is 13.7. The van der Waals surface area contributed by atoms with Gasteiger partial charge in [0.15, 0.2) is 0 Å². The molecular weight excluding hydrogens is 301 g/mol. The number of aromatic nitrogens is 2. The number of H-pyrrole nitrogens is 1. The van der Waals surface area contributed by atoms with Crippen molar-refractivity contribution in [3.8, 4) is 0 Å². The quantitative estimate of drug-likeness (QED) is 0.779. The van der Waals surface area contributed by atoms with Crippen LogP contribution in [0.5, 0.6) is 0 Å². The maximum atomic E-state index is 13.1. The van der Waals surface area contributed by atoms with E-state index in [1.54, 1.807) is 6.07 Å². The number of rotatable bonds is 3. The molecule has 0 fully saturated rings. The van der Waals surface area contributed by atoms with Gasteiger partial charge in [0.05, 0.1) is 22.8 Å². The topological polar surface area (TPSA) is 57.8 Å². The molecule has 1 aromatic carbocycles. The molecule has 0 unspecified atom stereocenters. The van der Waals surface area contributed by atoms with Crippen molar-refractivity contribution in [2.24, 2.45) is 0 Å². The molecule has 0 spiro atoms. The standard InChI is InChI=1S/C13H9ClFN3OS/c14-8-2-1-7(15)5-10(8)16-6-11-17-9-3-4-20-12(9)13(19)18-11/h1-5,16H,6H2,(H,17,18,19). The largest absolute Gasteiger partial charge is 0.377 e. The summed E-state index contributed by atoms with van der Waals surface area (Å²) in [4.78, 5) is 18.8. The molecule has 0 aliphatic rings. The summed E-state index contributed by atoms with van der Waals surface area (Å²) in [5, 5.41) is 5.17. The van der Waals surface area contributed by atoms with E-state index >= 15 is 0 Å². The second kappa shape index (κ2) is 5.22. The zero-order valence-corrected chi connectivity index (χ0v) is 11.7. The number of thiophene rings is 1. The number of nitrogens with zero attached hydrogens (tertiary/aromatic N) is 1. The molecule has 2 N–H and O–H groups in total. The Balaban J connectivity index is 1.86. The monoisotopic (exact) mass is 309 g/mol. The number of hydrogen-bond acceptors (Lipinski definition) is 4. The van der Waals surface area contributed by atoms with Crippen LogP contribution in [0.4, 0.5) is 10.1 Å². The fourth-order valence-electron chi connectivity index (χ4n) is 1.82. The molecule has 0 radical (unpaired) electrons. The molecule has 3 rings (SSSR count). The first-order valence-corrected chi connectivity index (χ1v) is 7.04. The summed E-state index contributed by atoms with van der Waals surface area (Å²) in [6.07, 6.45) is 0. The van der Waals surface area contributed by atoms with Gasteiger partial charge < -0.3 is 10.3 Å². The normalized spacial score (nSPS) is 10.9. The molecular formula is C13H9ClFN3OS. The van der Waals surface area contributed by atoms with Crippen molar-refractivity contribution in [2.45, 2.75) is 6.54 Å². The van der Waals surface area contributed by atoms with E-state index in [1.165, 1.54) is 29.5 Å². The Kier molecular flexibility index (Phi) is 3.42. The average molecular weight is 310 g/mol. The van der Waals surface area contributed by atoms with Crippen LogP contribution in [-0.2, 0) is 6.54 Å². The number of fused-ring (bicyclic) bond motifs is 1. The molecule has 4 nitrogen and oxygen atoms in total. The maximum absolute atomic E-state index is 13.1. The minimum Gasteiger partial charge on any atom is -0.377 e. The second-order valence-corrected chi connectivity index (χ2v) is 5.45. The van der Waals surface area contributed by atoms with E-state index in [9.17, 15) is 9.18 Å². The Labute approximate surface area is 122 Å². The molecule has 0 amide bonds. The predicted molar refractivity (Wildman–Crippen MR) is 79.0 cm³/mol. The van der Waals surface area contributed by atoms with E-state index in [4.69, 9.17) is 11.6 Å². The fourth-order valence-corrected chi connectivity index (χ4v) is 2.73. The molecule has 102 valence electrons. The molecule has 3 aromatic rings. The van der Waals surface area contributed by atoms with Gasteiger partial charge in [-0.15, -0.1) is 11.3 Å². The number of anilines is 1. The summed E-state index contributed by atoms with van der Waals surface area (Å²) >= 11 is 7.30. The van der Waals surface area contributed by atoms with E-state index < -0.39 is 0 Å². The Morgan fingerprint density at radius 2 is 2.25 bits per heavy atom. The molecule has 0 aliphatic heterocycles. The molecule has 0 bridgehead atoms. The molecule has 0 saturated heterocycles. The van der Waals surface area contributed by atoms with Gasteiger partial charge in [0.2, 0.25) is 0 Å².